The van der Waals surface area contributed by atoms with E-state index in [0.29, 0.717) is 41.6 Å². The minimum absolute atomic E-state index is 0.0359. The zero-order valence-corrected chi connectivity index (χ0v) is 27.4. The molecule has 0 bridgehead atoms. The van der Waals surface area contributed by atoms with E-state index < -0.39 is 42.2 Å². The van der Waals surface area contributed by atoms with Gasteiger partial charge in [0.25, 0.3) is 0 Å². The van der Waals surface area contributed by atoms with Crippen LogP contribution in [-0.4, -0.2) is 45.3 Å². The number of hydrogen-bond acceptors (Lipinski definition) is 4. The maximum atomic E-state index is 13.0. The molecule has 0 amide bonds. The van der Waals surface area contributed by atoms with Gasteiger partial charge in [-0.25, -0.2) is 0 Å². The van der Waals surface area contributed by atoms with Crippen LogP contribution in [0.1, 0.15) is 114 Å². The van der Waals surface area contributed by atoms with Crippen molar-refractivity contribution in [1.82, 2.24) is 0 Å². The minimum Gasteiger partial charge on any atom is -0.616 e. The molecule has 0 radical (unpaired) electrons. The molecule has 0 aliphatic heterocycles. The molecule has 0 spiro atoms. The van der Waals surface area contributed by atoms with Gasteiger partial charge in [-0.3, -0.25) is 4.79 Å². The number of rotatable bonds is 15. The van der Waals surface area contributed by atoms with E-state index >= 15 is 0 Å². The van der Waals surface area contributed by atoms with Crippen molar-refractivity contribution in [3.63, 3.8) is 0 Å². The summed E-state index contributed by atoms with van der Waals surface area (Å²) < 4.78 is 80.2. The molecular weight excluding hydrogens is 611 g/mol. The maximum absolute atomic E-state index is 13.0. The normalized spacial score (nSPS) is 28.7. The molecule has 1 aromatic rings. The van der Waals surface area contributed by atoms with E-state index in [9.17, 15) is 36.4 Å². The van der Waals surface area contributed by atoms with Gasteiger partial charge in [0.2, 0.25) is 0 Å². The fourth-order valence-electron chi connectivity index (χ4n) is 8.45. The van der Waals surface area contributed by atoms with Crippen molar-refractivity contribution in [1.29, 1.82) is 0 Å². The van der Waals surface area contributed by atoms with Gasteiger partial charge >= 0.3 is 18.1 Å². The van der Waals surface area contributed by atoms with Gasteiger partial charge in [-0.15, -0.1) is 0 Å². The standard InChI is InChI=1S/C35H49F5O4S/c1-23-31(42)22-30-32-25(20-26-21-27(44-24(2)41)13-14-28(26)29(32)15-17-33(23,30)3)12-9-7-5-4-6-8-10-18-45(43)19-11-16-34(36,37)35(38,39)40/h13-14,21,25,29-32,42H,1,4-12,15-20,22H2,2-3H3/t25-,29?,30?,31-,32?,33-,45?/m1/s1. The second-order valence-electron chi connectivity index (χ2n) is 13.9. The first-order chi connectivity index (χ1) is 21.1. The largest absolute Gasteiger partial charge is 0.616 e. The van der Waals surface area contributed by atoms with Crippen LogP contribution < -0.4 is 4.74 Å². The van der Waals surface area contributed by atoms with Crippen LogP contribution in [0.15, 0.2) is 30.4 Å². The van der Waals surface area contributed by atoms with E-state index in [1.807, 2.05) is 12.1 Å². The Morgan fingerprint density at radius 2 is 1.71 bits per heavy atom. The van der Waals surface area contributed by atoms with E-state index in [1.54, 1.807) is 0 Å². The number of unbranched alkanes of at least 4 members (excludes halogenated alkanes) is 6. The lowest BCUT2D eigenvalue weighted by Gasteiger charge is -2.52. The highest BCUT2D eigenvalue weighted by atomic mass is 32.2. The number of halogens is 5. The number of carbonyl (C=O) groups is 1. The fraction of sp³-hybridized carbons (Fsp3) is 0.743. The SMILES string of the molecule is C=C1[C@H](O)CC2C3C(CC[C@]12C)c1ccc(OC(C)=O)cc1C[C@H]3CCCCCCCCC[S+]([O-])CCCC(F)(F)C(F)(F)F. The smallest absolute Gasteiger partial charge is 0.453 e. The van der Waals surface area contributed by atoms with Crippen LogP contribution in [0.25, 0.3) is 0 Å². The van der Waals surface area contributed by atoms with Gasteiger partial charge in [0.05, 0.1) is 6.10 Å². The molecule has 0 aromatic heterocycles. The van der Waals surface area contributed by atoms with Crippen molar-refractivity contribution < 1.29 is 41.1 Å². The Kier molecular flexibility index (Phi) is 12.1. The van der Waals surface area contributed by atoms with Gasteiger partial charge < -0.3 is 14.4 Å². The first-order valence-electron chi connectivity index (χ1n) is 16.6. The lowest BCUT2D eigenvalue weighted by Crippen LogP contribution is -2.44. The monoisotopic (exact) mass is 660 g/mol. The van der Waals surface area contributed by atoms with Gasteiger partial charge in [-0.1, -0.05) is 62.8 Å². The summed E-state index contributed by atoms with van der Waals surface area (Å²) in [6.07, 6.45) is 4.03. The molecule has 0 heterocycles. The summed E-state index contributed by atoms with van der Waals surface area (Å²) in [7, 11) is 0. The highest BCUT2D eigenvalue weighted by Gasteiger charge is 2.57. The number of carbonyl (C=O) groups excluding carboxylic acids is 1. The third-order valence-electron chi connectivity index (χ3n) is 10.9. The number of esters is 1. The quantitative estimate of drug-likeness (QED) is 0.0509. The van der Waals surface area contributed by atoms with Crippen LogP contribution in [0, 0.1) is 23.2 Å². The van der Waals surface area contributed by atoms with Gasteiger partial charge in [-0.05, 0) is 109 Å². The molecule has 3 aliphatic rings. The molecule has 1 N–H and O–H groups in total. The van der Waals surface area contributed by atoms with Crippen molar-refractivity contribution in [2.24, 2.45) is 23.2 Å². The molecule has 45 heavy (non-hydrogen) atoms. The predicted octanol–water partition coefficient (Wildman–Crippen LogP) is 9.07. The summed E-state index contributed by atoms with van der Waals surface area (Å²) in [5.74, 6) is -2.47. The summed E-state index contributed by atoms with van der Waals surface area (Å²) >= 11 is -1.37. The average Bonchev–Trinajstić information content (AvgIpc) is 3.18. The fourth-order valence-corrected chi connectivity index (χ4v) is 9.65. The summed E-state index contributed by atoms with van der Waals surface area (Å²) in [5.41, 5.74) is 3.59. The van der Waals surface area contributed by atoms with Crippen molar-refractivity contribution >= 4 is 17.1 Å². The van der Waals surface area contributed by atoms with Gasteiger partial charge in [-0.2, -0.15) is 22.0 Å². The molecule has 254 valence electrons. The lowest BCUT2D eigenvalue weighted by atomic mass is 9.52. The number of hydrogen-bond donors (Lipinski definition) is 1. The molecular formula is C35H49F5O4S. The van der Waals surface area contributed by atoms with Crippen LogP contribution >= 0.6 is 0 Å². The maximum Gasteiger partial charge on any atom is 0.453 e. The average molecular weight is 661 g/mol. The topological polar surface area (TPSA) is 69.6 Å². The van der Waals surface area contributed by atoms with Gasteiger partial charge in [0.15, 0.2) is 0 Å². The number of benzene rings is 1. The molecule has 2 fully saturated rings. The second kappa shape index (κ2) is 15.1. The Labute approximate surface area is 267 Å². The highest BCUT2D eigenvalue weighted by molar-refractivity contribution is 7.91. The Morgan fingerprint density at radius 1 is 1.07 bits per heavy atom. The third-order valence-corrected chi connectivity index (χ3v) is 12.3. The first-order valence-corrected chi connectivity index (χ1v) is 18.1. The molecule has 2 saturated carbocycles. The van der Waals surface area contributed by atoms with Crippen molar-refractivity contribution in [3.05, 3.63) is 41.5 Å². The predicted molar refractivity (Wildman–Crippen MR) is 167 cm³/mol. The molecule has 3 aliphatic carbocycles. The zero-order chi connectivity index (χ0) is 33.0. The second-order valence-corrected chi connectivity index (χ2v) is 15.6. The Bertz CT molecular complexity index is 1170. The Hall–Kier alpha value is -1.65. The van der Waals surface area contributed by atoms with E-state index in [4.69, 9.17) is 4.74 Å². The van der Waals surface area contributed by atoms with E-state index in [2.05, 4.69) is 19.6 Å². The number of alkyl halides is 5. The summed E-state index contributed by atoms with van der Waals surface area (Å²) in [5, 5.41) is 10.8. The number of fused-ring (bicyclic) bond motifs is 5. The first kappa shape index (κ1) is 36.2. The van der Waals surface area contributed by atoms with E-state index in [-0.39, 0.29) is 17.1 Å². The molecule has 7 atom stereocenters. The van der Waals surface area contributed by atoms with Crippen molar-refractivity contribution in [3.8, 4) is 5.75 Å². The highest BCUT2D eigenvalue weighted by Crippen LogP contribution is 2.64. The Morgan fingerprint density at radius 3 is 2.38 bits per heavy atom. The van der Waals surface area contributed by atoms with Crippen LogP contribution in [0.5, 0.6) is 5.75 Å². The van der Waals surface area contributed by atoms with Gasteiger partial charge in [0.1, 0.15) is 17.3 Å². The van der Waals surface area contributed by atoms with Crippen LogP contribution in [0.2, 0.25) is 0 Å². The van der Waals surface area contributed by atoms with Crippen LogP contribution in [-0.2, 0) is 22.4 Å². The van der Waals surface area contributed by atoms with Crippen molar-refractivity contribution in [2.45, 2.75) is 128 Å². The summed E-state index contributed by atoms with van der Waals surface area (Å²) in [6.45, 7) is 8.02. The number of aliphatic hydroxyl groups is 1. The van der Waals surface area contributed by atoms with Gasteiger partial charge in [0, 0.05) is 13.3 Å². The lowest BCUT2D eigenvalue weighted by molar-refractivity contribution is -0.284. The third kappa shape index (κ3) is 8.64. The minimum atomic E-state index is -5.55. The van der Waals surface area contributed by atoms with Crippen molar-refractivity contribution in [2.75, 3.05) is 11.5 Å². The Balaban J connectivity index is 1.22. The molecule has 10 heteroatoms. The molecule has 4 rings (SSSR count). The van der Waals surface area contributed by atoms with E-state index in [1.165, 1.54) is 18.1 Å². The summed E-state index contributed by atoms with van der Waals surface area (Å²) in [4.78, 5) is 11.6. The number of ether oxygens (including phenoxy) is 1. The van der Waals surface area contributed by atoms with Crippen LogP contribution in [0.3, 0.4) is 0 Å². The molecule has 4 unspecified atom stereocenters. The molecule has 0 saturated heterocycles. The summed E-state index contributed by atoms with van der Waals surface area (Å²) in [6, 6.07) is 6.10. The molecule has 1 aromatic carbocycles. The molecule has 4 nitrogen and oxygen atoms in total. The zero-order valence-electron chi connectivity index (χ0n) is 26.6. The van der Waals surface area contributed by atoms with E-state index in [0.717, 1.165) is 76.2 Å². The van der Waals surface area contributed by atoms with Crippen LogP contribution in [0.4, 0.5) is 22.0 Å². The number of aliphatic hydroxyl groups excluding tert-OH is 1.